The van der Waals surface area contributed by atoms with Crippen molar-refractivity contribution in [1.82, 2.24) is 4.90 Å². The van der Waals surface area contributed by atoms with E-state index in [1.54, 1.807) is 6.92 Å². The van der Waals surface area contributed by atoms with Gasteiger partial charge in [-0.3, -0.25) is 14.5 Å². The summed E-state index contributed by atoms with van der Waals surface area (Å²) in [4.78, 5) is 40.2. The molecule has 0 radical (unpaired) electrons. The molecule has 0 unspecified atom stereocenters. The molecule has 1 aromatic carbocycles. The number of aryl methyl sites for hydroxylation is 2. The molecule has 2 saturated carbocycles. The molecule has 140 valence electrons. The third-order valence-electron chi connectivity index (χ3n) is 7.04. The first-order valence-corrected chi connectivity index (χ1v) is 9.73. The Balaban J connectivity index is 1.40. The van der Waals surface area contributed by atoms with Gasteiger partial charge in [0, 0.05) is 0 Å². The second-order valence-corrected chi connectivity index (χ2v) is 8.52. The Kier molecular flexibility index (Phi) is 3.43. The maximum Gasteiger partial charge on any atom is 0.334 e. The van der Waals surface area contributed by atoms with E-state index in [0.29, 0.717) is 17.6 Å². The summed E-state index contributed by atoms with van der Waals surface area (Å²) in [6, 6.07) is 4.73. The molecular formula is C22H23NO4. The highest BCUT2D eigenvalue weighted by Gasteiger charge is 2.67. The molecule has 0 spiro atoms. The van der Waals surface area contributed by atoms with Crippen molar-refractivity contribution in [3.63, 3.8) is 0 Å². The van der Waals surface area contributed by atoms with Gasteiger partial charge in [-0.2, -0.15) is 0 Å². The topological polar surface area (TPSA) is 63.7 Å². The van der Waals surface area contributed by atoms with Gasteiger partial charge in [-0.25, -0.2) is 4.79 Å². The number of rotatable bonds is 3. The van der Waals surface area contributed by atoms with Crippen molar-refractivity contribution < 1.29 is 19.1 Å². The second-order valence-electron chi connectivity index (χ2n) is 8.52. The fourth-order valence-electron chi connectivity index (χ4n) is 5.61. The van der Waals surface area contributed by atoms with Crippen LogP contribution in [0.1, 0.15) is 24.5 Å². The zero-order valence-electron chi connectivity index (χ0n) is 15.7. The number of para-hydroxylation sites is 1. The minimum absolute atomic E-state index is 0.160. The van der Waals surface area contributed by atoms with Crippen LogP contribution >= 0.6 is 0 Å². The van der Waals surface area contributed by atoms with Gasteiger partial charge in [0.1, 0.15) is 11.8 Å². The van der Waals surface area contributed by atoms with Gasteiger partial charge in [0.15, 0.2) is 0 Å². The monoisotopic (exact) mass is 365 g/mol. The highest BCUT2D eigenvalue weighted by Crippen LogP contribution is 2.65. The summed E-state index contributed by atoms with van der Waals surface area (Å²) in [5.41, 5.74) is 1.70. The van der Waals surface area contributed by atoms with Crippen molar-refractivity contribution in [2.24, 2.45) is 35.5 Å². The van der Waals surface area contributed by atoms with Crippen molar-refractivity contribution in [3.05, 3.63) is 41.5 Å². The normalized spacial score (nSPS) is 36.5. The van der Waals surface area contributed by atoms with E-state index in [9.17, 15) is 14.4 Å². The Morgan fingerprint density at radius 3 is 2.07 bits per heavy atom. The molecular weight excluding hydrogens is 342 g/mol. The fourth-order valence-corrected chi connectivity index (χ4v) is 5.61. The minimum Gasteiger partial charge on any atom is -0.424 e. The number of hydrogen-bond donors (Lipinski definition) is 0. The van der Waals surface area contributed by atoms with Crippen molar-refractivity contribution in [3.8, 4) is 5.75 Å². The van der Waals surface area contributed by atoms with E-state index in [1.807, 2.05) is 32.0 Å². The molecule has 0 aromatic heterocycles. The predicted octanol–water partition coefficient (Wildman–Crippen LogP) is 2.65. The van der Waals surface area contributed by atoms with Gasteiger partial charge in [-0.15, -0.1) is 0 Å². The molecule has 1 heterocycles. The van der Waals surface area contributed by atoms with Gasteiger partial charge in [0.2, 0.25) is 11.8 Å². The van der Waals surface area contributed by atoms with Crippen LogP contribution in [-0.2, 0) is 14.4 Å². The predicted molar refractivity (Wildman–Crippen MR) is 97.6 cm³/mol. The summed E-state index contributed by atoms with van der Waals surface area (Å²) in [5.74, 6) is 0.415. The highest BCUT2D eigenvalue weighted by molar-refractivity contribution is 6.08. The molecule has 27 heavy (non-hydrogen) atoms. The standard InChI is InChI=1S/C22H23NO4/c1-10-5-4-6-11(2)19(10)27-22(26)12(3)23-20(24)17-13-7-8-14(16-9-15(13)16)18(17)21(23)25/h4-8,12-18H,9H2,1-3H3/t12-,13+,14+,15+,16+,17-,18-/m0/s1. The number of benzene rings is 1. The zero-order valence-corrected chi connectivity index (χ0v) is 15.7. The number of esters is 1. The van der Waals surface area contributed by atoms with Crippen molar-refractivity contribution in [2.75, 3.05) is 0 Å². The van der Waals surface area contributed by atoms with Gasteiger partial charge < -0.3 is 4.74 Å². The Labute approximate surface area is 158 Å². The molecule has 2 amide bonds. The number of imide groups is 1. The summed E-state index contributed by atoms with van der Waals surface area (Å²) >= 11 is 0. The van der Waals surface area contributed by atoms with E-state index in [4.69, 9.17) is 4.74 Å². The number of carbonyl (C=O) groups excluding carboxylic acids is 3. The molecule has 5 nitrogen and oxygen atoms in total. The van der Waals surface area contributed by atoms with Crippen molar-refractivity contribution in [1.29, 1.82) is 0 Å². The number of nitrogens with zero attached hydrogens (tertiary/aromatic N) is 1. The molecule has 2 bridgehead atoms. The summed E-state index contributed by atoms with van der Waals surface area (Å²) in [7, 11) is 0. The number of hydrogen-bond acceptors (Lipinski definition) is 4. The fraction of sp³-hybridized carbons (Fsp3) is 0.500. The van der Waals surface area contributed by atoms with Gasteiger partial charge >= 0.3 is 5.97 Å². The van der Waals surface area contributed by atoms with Gasteiger partial charge in [0.05, 0.1) is 11.8 Å². The van der Waals surface area contributed by atoms with E-state index in [0.717, 1.165) is 17.5 Å². The number of ether oxygens (including phenoxy) is 1. The second kappa shape index (κ2) is 5.54. The van der Waals surface area contributed by atoms with E-state index < -0.39 is 12.0 Å². The lowest BCUT2D eigenvalue weighted by Crippen LogP contribution is -2.45. The maximum atomic E-state index is 13.1. The zero-order chi connectivity index (χ0) is 19.0. The molecule has 4 aliphatic carbocycles. The van der Waals surface area contributed by atoms with E-state index >= 15 is 0 Å². The quantitative estimate of drug-likeness (QED) is 0.358. The van der Waals surface area contributed by atoms with Crippen LogP contribution in [0.5, 0.6) is 5.75 Å². The van der Waals surface area contributed by atoms with Crippen LogP contribution in [0, 0.1) is 49.4 Å². The van der Waals surface area contributed by atoms with Crippen LogP contribution in [0.25, 0.3) is 0 Å². The number of amides is 2. The molecule has 5 heteroatoms. The highest BCUT2D eigenvalue weighted by atomic mass is 16.5. The first-order chi connectivity index (χ1) is 12.9. The smallest absolute Gasteiger partial charge is 0.334 e. The van der Waals surface area contributed by atoms with E-state index in [-0.39, 0.29) is 35.5 Å². The Morgan fingerprint density at radius 2 is 1.56 bits per heavy atom. The molecule has 1 aliphatic heterocycles. The Morgan fingerprint density at radius 1 is 1.04 bits per heavy atom. The van der Waals surface area contributed by atoms with Crippen molar-refractivity contribution in [2.45, 2.75) is 33.2 Å². The third-order valence-corrected chi connectivity index (χ3v) is 7.04. The Hall–Kier alpha value is -2.43. The van der Waals surface area contributed by atoms with Crippen LogP contribution in [0.4, 0.5) is 0 Å². The van der Waals surface area contributed by atoms with Crippen LogP contribution < -0.4 is 4.74 Å². The number of carbonyl (C=O) groups is 3. The SMILES string of the molecule is Cc1cccc(C)c1OC(=O)[C@H](C)N1C(=O)[C@H]2[C@@H]3C=C[C@H]([C@H]4C[C@H]34)[C@@H]2C1=O. The molecule has 3 fully saturated rings. The molecule has 6 rings (SSSR count). The molecule has 5 aliphatic rings. The third kappa shape index (κ3) is 2.20. The molecule has 1 saturated heterocycles. The van der Waals surface area contributed by atoms with Crippen LogP contribution in [-0.4, -0.2) is 28.7 Å². The lowest BCUT2D eigenvalue weighted by Gasteiger charge is -2.37. The first-order valence-electron chi connectivity index (χ1n) is 9.73. The largest absolute Gasteiger partial charge is 0.424 e. The lowest BCUT2D eigenvalue weighted by atomic mass is 9.63. The van der Waals surface area contributed by atoms with Gasteiger partial charge in [0.25, 0.3) is 0 Å². The lowest BCUT2D eigenvalue weighted by molar-refractivity contribution is -0.152. The Bertz CT molecular complexity index is 847. The number of likely N-dealkylation sites (tertiary alicyclic amines) is 1. The van der Waals surface area contributed by atoms with Crippen LogP contribution in [0.2, 0.25) is 0 Å². The summed E-state index contributed by atoms with van der Waals surface area (Å²) in [6.45, 7) is 5.34. The maximum absolute atomic E-state index is 13.1. The summed E-state index contributed by atoms with van der Waals surface area (Å²) < 4.78 is 5.60. The van der Waals surface area contributed by atoms with E-state index in [2.05, 4.69) is 12.2 Å². The average Bonchev–Trinajstić information content (AvgIpc) is 3.42. The molecule has 1 aromatic rings. The number of allylic oxidation sites excluding steroid dienone is 2. The van der Waals surface area contributed by atoms with Crippen LogP contribution in [0.3, 0.4) is 0 Å². The van der Waals surface area contributed by atoms with Gasteiger partial charge in [-0.05, 0) is 62.0 Å². The first kappa shape index (κ1) is 16.7. The van der Waals surface area contributed by atoms with Crippen LogP contribution in [0.15, 0.2) is 30.4 Å². The van der Waals surface area contributed by atoms with Gasteiger partial charge in [-0.1, -0.05) is 30.4 Å². The minimum atomic E-state index is -0.912. The molecule has 7 atom stereocenters. The van der Waals surface area contributed by atoms with E-state index in [1.165, 1.54) is 4.90 Å². The summed E-state index contributed by atoms with van der Waals surface area (Å²) in [5, 5.41) is 0. The summed E-state index contributed by atoms with van der Waals surface area (Å²) in [6.07, 6.45) is 5.39. The molecule has 0 N–H and O–H groups in total. The average molecular weight is 365 g/mol. The van der Waals surface area contributed by atoms with Crippen molar-refractivity contribution >= 4 is 17.8 Å².